The molecule has 4 aliphatic carbocycles. The van der Waals surface area contributed by atoms with Gasteiger partial charge in [-0.3, -0.25) is 0 Å². The first-order valence-electron chi connectivity index (χ1n) is 7.29. The Labute approximate surface area is 100 Å². The summed E-state index contributed by atoms with van der Waals surface area (Å²) in [5, 5.41) is 3.62. The van der Waals surface area contributed by atoms with Gasteiger partial charge < -0.3 is 5.32 Å². The molecule has 2 atom stereocenters. The number of rotatable bonds is 3. The average Bonchev–Trinajstić information content (AvgIpc) is 2.13. The van der Waals surface area contributed by atoms with Gasteiger partial charge in [-0.15, -0.1) is 0 Å². The van der Waals surface area contributed by atoms with Crippen LogP contribution in [0.1, 0.15) is 52.4 Å². The standard InChI is InChI=1S/C15H27N/c1-10(2)6-15-7-11-4-12(8-15)14(16-3)13(5-11)9-15/h10-14,16H,4-9H2,1-3H3. The highest BCUT2D eigenvalue weighted by Gasteiger charge is 2.54. The first kappa shape index (κ1) is 11.1. The second kappa shape index (κ2) is 3.73. The lowest BCUT2D eigenvalue weighted by Gasteiger charge is -2.60. The van der Waals surface area contributed by atoms with Gasteiger partial charge in [0.1, 0.15) is 0 Å². The Balaban J connectivity index is 1.81. The van der Waals surface area contributed by atoms with Gasteiger partial charge in [-0.05, 0) is 74.7 Å². The summed E-state index contributed by atoms with van der Waals surface area (Å²) < 4.78 is 0. The van der Waals surface area contributed by atoms with Crippen LogP contribution in [0, 0.1) is 29.1 Å². The lowest BCUT2D eigenvalue weighted by Crippen LogP contribution is -2.57. The van der Waals surface area contributed by atoms with Crippen LogP contribution >= 0.6 is 0 Å². The normalized spacial score (nSPS) is 50.2. The van der Waals surface area contributed by atoms with E-state index in [4.69, 9.17) is 0 Å². The highest BCUT2D eigenvalue weighted by atomic mass is 14.9. The third kappa shape index (κ3) is 1.63. The Morgan fingerprint density at radius 3 is 2.25 bits per heavy atom. The second-order valence-corrected chi connectivity index (χ2v) is 7.38. The van der Waals surface area contributed by atoms with Gasteiger partial charge in [0, 0.05) is 6.04 Å². The van der Waals surface area contributed by atoms with Crippen LogP contribution in [-0.4, -0.2) is 13.1 Å². The summed E-state index contributed by atoms with van der Waals surface area (Å²) in [6.07, 6.45) is 9.18. The van der Waals surface area contributed by atoms with Crippen LogP contribution in [0.25, 0.3) is 0 Å². The quantitative estimate of drug-likeness (QED) is 0.769. The molecule has 2 unspecified atom stereocenters. The van der Waals surface area contributed by atoms with Gasteiger partial charge in [-0.25, -0.2) is 0 Å². The Hall–Kier alpha value is -0.0400. The third-order valence-corrected chi connectivity index (χ3v) is 5.57. The maximum atomic E-state index is 3.62. The summed E-state index contributed by atoms with van der Waals surface area (Å²) in [4.78, 5) is 0. The zero-order valence-corrected chi connectivity index (χ0v) is 11.1. The number of hydrogen-bond donors (Lipinski definition) is 1. The minimum absolute atomic E-state index is 0.762. The highest BCUT2D eigenvalue weighted by molar-refractivity contribution is 5.07. The minimum Gasteiger partial charge on any atom is -0.316 e. The molecule has 0 aromatic rings. The van der Waals surface area contributed by atoms with E-state index in [1.807, 2.05) is 0 Å². The smallest absolute Gasteiger partial charge is 0.0121 e. The van der Waals surface area contributed by atoms with Crippen LogP contribution < -0.4 is 5.32 Å². The lowest BCUT2D eigenvalue weighted by molar-refractivity contribution is -0.0837. The summed E-state index contributed by atoms with van der Waals surface area (Å²) in [6, 6.07) is 0.858. The lowest BCUT2D eigenvalue weighted by atomic mass is 9.46. The second-order valence-electron chi connectivity index (χ2n) is 7.38. The van der Waals surface area contributed by atoms with Crippen LogP contribution in [0.15, 0.2) is 0 Å². The highest BCUT2D eigenvalue weighted by Crippen LogP contribution is 2.61. The number of hydrogen-bond acceptors (Lipinski definition) is 1. The van der Waals surface area contributed by atoms with E-state index in [1.54, 1.807) is 6.42 Å². The summed E-state index contributed by atoms with van der Waals surface area (Å²) in [5.74, 6) is 4.00. The molecule has 4 fully saturated rings. The molecule has 1 heteroatoms. The van der Waals surface area contributed by atoms with E-state index in [-0.39, 0.29) is 0 Å². The summed E-state index contributed by atoms with van der Waals surface area (Å²) in [5.41, 5.74) is 0.762. The average molecular weight is 221 g/mol. The molecule has 4 rings (SSSR count). The van der Waals surface area contributed by atoms with Gasteiger partial charge in [0.2, 0.25) is 0 Å². The Kier molecular flexibility index (Phi) is 2.58. The topological polar surface area (TPSA) is 12.0 Å². The fourth-order valence-corrected chi connectivity index (χ4v) is 5.78. The van der Waals surface area contributed by atoms with Crippen molar-refractivity contribution in [2.24, 2.45) is 29.1 Å². The predicted molar refractivity (Wildman–Crippen MR) is 68.3 cm³/mol. The molecule has 0 radical (unpaired) electrons. The SMILES string of the molecule is CNC1C2CC3CC1CC(CC(C)C)(C3)C2. The monoisotopic (exact) mass is 221 g/mol. The Morgan fingerprint density at radius 1 is 1.12 bits per heavy atom. The van der Waals surface area contributed by atoms with Crippen LogP contribution in [0.4, 0.5) is 0 Å². The van der Waals surface area contributed by atoms with Crippen molar-refractivity contribution in [2.75, 3.05) is 7.05 Å². The molecule has 0 aromatic carbocycles. The van der Waals surface area contributed by atoms with E-state index < -0.39 is 0 Å². The summed E-state index contributed by atoms with van der Waals surface area (Å²) in [7, 11) is 2.18. The third-order valence-electron chi connectivity index (χ3n) is 5.57. The minimum atomic E-state index is 0.762. The molecular formula is C15H27N. The molecule has 16 heavy (non-hydrogen) atoms. The van der Waals surface area contributed by atoms with E-state index in [0.717, 1.165) is 35.1 Å². The van der Waals surface area contributed by atoms with Crippen molar-refractivity contribution in [1.29, 1.82) is 0 Å². The maximum absolute atomic E-state index is 3.62. The molecule has 0 amide bonds. The number of nitrogens with one attached hydrogen (secondary N) is 1. The summed E-state index contributed by atoms with van der Waals surface area (Å²) >= 11 is 0. The van der Waals surface area contributed by atoms with Crippen molar-refractivity contribution >= 4 is 0 Å². The van der Waals surface area contributed by atoms with Gasteiger partial charge in [-0.1, -0.05) is 13.8 Å². The van der Waals surface area contributed by atoms with Crippen molar-refractivity contribution in [3.63, 3.8) is 0 Å². The molecule has 4 saturated carbocycles. The zero-order valence-electron chi connectivity index (χ0n) is 11.1. The first-order chi connectivity index (χ1) is 7.62. The van der Waals surface area contributed by atoms with Gasteiger partial charge in [0.25, 0.3) is 0 Å². The van der Waals surface area contributed by atoms with Gasteiger partial charge >= 0.3 is 0 Å². The van der Waals surface area contributed by atoms with Crippen molar-refractivity contribution < 1.29 is 0 Å². The molecule has 1 nitrogen and oxygen atoms in total. The molecule has 0 aromatic heterocycles. The molecule has 0 aliphatic heterocycles. The Morgan fingerprint density at radius 2 is 1.75 bits per heavy atom. The van der Waals surface area contributed by atoms with Crippen LogP contribution in [0.5, 0.6) is 0 Å². The van der Waals surface area contributed by atoms with Crippen molar-refractivity contribution in [3.8, 4) is 0 Å². The van der Waals surface area contributed by atoms with Gasteiger partial charge in [0.15, 0.2) is 0 Å². The summed E-state index contributed by atoms with van der Waals surface area (Å²) in [6.45, 7) is 4.82. The van der Waals surface area contributed by atoms with E-state index in [1.165, 1.54) is 32.1 Å². The largest absolute Gasteiger partial charge is 0.316 e. The van der Waals surface area contributed by atoms with E-state index >= 15 is 0 Å². The van der Waals surface area contributed by atoms with E-state index in [9.17, 15) is 0 Å². The maximum Gasteiger partial charge on any atom is 0.0121 e. The first-order valence-corrected chi connectivity index (χ1v) is 7.29. The molecule has 4 bridgehead atoms. The van der Waals surface area contributed by atoms with Gasteiger partial charge in [0.05, 0.1) is 0 Å². The fourth-order valence-electron chi connectivity index (χ4n) is 5.78. The van der Waals surface area contributed by atoms with Gasteiger partial charge in [-0.2, -0.15) is 0 Å². The molecule has 0 heterocycles. The predicted octanol–water partition coefficient (Wildman–Crippen LogP) is 3.45. The molecule has 1 N–H and O–H groups in total. The molecule has 0 spiro atoms. The molecule has 0 saturated heterocycles. The zero-order chi connectivity index (χ0) is 11.3. The van der Waals surface area contributed by atoms with Crippen LogP contribution in [-0.2, 0) is 0 Å². The van der Waals surface area contributed by atoms with Crippen molar-refractivity contribution in [3.05, 3.63) is 0 Å². The Bertz CT molecular complexity index is 251. The molecule has 92 valence electrons. The molecule has 4 aliphatic rings. The fraction of sp³-hybridized carbons (Fsp3) is 1.00. The van der Waals surface area contributed by atoms with Crippen LogP contribution in [0.3, 0.4) is 0 Å². The van der Waals surface area contributed by atoms with Crippen molar-refractivity contribution in [2.45, 2.75) is 58.4 Å². The van der Waals surface area contributed by atoms with E-state index in [0.29, 0.717) is 0 Å². The molecular weight excluding hydrogens is 194 g/mol. The van der Waals surface area contributed by atoms with Crippen LogP contribution in [0.2, 0.25) is 0 Å². The van der Waals surface area contributed by atoms with Crippen molar-refractivity contribution in [1.82, 2.24) is 5.32 Å². The van der Waals surface area contributed by atoms with E-state index in [2.05, 4.69) is 26.2 Å².